The van der Waals surface area contributed by atoms with Gasteiger partial charge in [-0.25, -0.2) is 4.79 Å². The van der Waals surface area contributed by atoms with E-state index in [0.717, 1.165) is 16.5 Å². The van der Waals surface area contributed by atoms with E-state index in [1.807, 2.05) is 19.1 Å². The fourth-order valence-corrected chi connectivity index (χ4v) is 4.49. The zero-order valence-electron chi connectivity index (χ0n) is 20.8. The summed E-state index contributed by atoms with van der Waals surface area (Å²) in [5, 5.41) is 36.8. The van der Waals surface area contributed by atoms with E-state index in [1.54, 1.807) is 19.1 Å². The summed E-state index contributed by atoms with van der Waals surface area (Å²) in [6.07, 6.45) is 0.652. The molecule has 10 N–H and O–H groups in total. The molecule has 0 aliphatic carbocycles. The lowest BCUT2D eigenvalue weighted by Gasteiger charge is -2.20. The Bertz CT molecular complexity index is 1220. The van der Waals surface area contributed by atoms with Crippen molar-refractivity contribution in [3.8, 4) is 0 Å². The number of carboxylic acid groups (broad SMARTS) is 1. The molecule has 1 aliphatic rings. The van der Waals surface area contributed by atoms with Crippen LogP contribution in [0, 0.1) is 19.3 Å². The van der Waals surface area contributed by atoms with Gasteiger partial charge in [0.25, 0.3) is 0 Å². The molecule has 0 saturated heterocycles. The number of furan rings is 1. The van der Waals surface area contributed by atoms with Crippen molar-refractivity contribution in [1.29, 1.82) is 5.41 Å². The second kappa shape index (κ2) is 12.0. The maximum atomic E-state index is 12.4. The zero-order valence-corrected chi connectivity index (χ0v) is 20.8. The minimum absolute atomic E-state index is 0.0437. The van der Waals surface area contributed by atoms with Crippen molar-refractivity contribution in [1.82, 2.24) is 16.0 Å². The number of carbonyl (C=O) groups excluding carboxylic acids is 2. The number of rotatable bonds is 12. The third kappa shape index (κ3) is 6.53. The largest absolute Gasteiger partial charge is 0.480 e. The summed E-state index contributed by atoms with van der Waals surface area (Å²) in [7, 11) is 0. The van der Waals surface area contributed by atoms with Gasteiger partial charge in [-0.1, -0.05) is 18.2 Å². The summed E-state index contributed by atoms with van der Waals surface area (Å²) in [6, 6.07) is 2.53. The summed E-state index contributed by atoms with van der Waals surface area (Å²) in [5.41, 5.74) is 14.3. The maximum absolute atomic E-state index is 12.4. The number of amidine groups is 1. The average Bonchev–Trinajstić information content (AvgIpc) is 3.44. The van der Waals surface area contributed by atoms with Crippen molar-refractivity contribution in [3.05, 3.63) is 46.7 Å². The number of nitrogens with two attached hydrogens (primary N) is 2. The number of aliphatic carboxylic acids is 1. The SMILES string of the molecule is Cc1cccc2oc(C(O)C(NC(=O)CCCNC(=O)C(N)CC3=CCNC3C(=N)N)C(=O)O)c(C)c12. The fourth-order valence-electron chi connectivity index (χ4n) is 4.49. The molecule has 12 heteroatoms. The van der Waals surface area contributed by atoms with Crippen LogP contribution in [0.2, 0.25) is 0 Å². The highest BCUT2D eigenvalue weighted by Crippen LogP contribution is 2.33. The number of nitrogens with one attached hydrogen (secondary N) is 4. The van der Waals surface area contributed by atoms with Crippen molar-refractivity contribution < 1.29 is 29.0 Å². The van der Waals surface area contributed by atoms with E-state index in [1.165, 1.54) is 0 Å². The molecular weight excluding hydrogens is 480 g/mol. The van der Waals surface area contributed by atoms with Crippen LogP contribution in [0.25, 0.3) is 11.0 Å². The van der Waals surface area contributed by atoms with Gasteiger partial charge in [0.15, 0.2) is 6.04 Å². The number of carbonyl (C=O) groups is 3. The molecule has 2 amide bonds. The summed E-state index contributed by atoms with van der Waals surface area (Å²) < 4.78 is 5.72. The van der Waals surface area contributed by atoms with Crippen molar-refractivity contribution in [2.75, 3.05) is 13.1 Å². The van der Waals surface area contributed by atoms with Crippen LogP contribution in [-0.2, 0) is 14.4 Å². The van der Waals surface area contributed by atoms with Gasteiger partial charge in [0.2, 0.25) is 11.8 Å². The van der Waals surface area contributed by atoms with Crippen LogP contribution < -0.4 is 27.4 Å². The van der Waals surface area contributed by atoms with Crippen LogP contribution in [0.3, 0.4) is 0 Å². The Morgan fingerprint density at radius 2 is 2.03 bits per heavy atom. The van der Waals surface area contributed by atoms with Crippen molar-refractivity contribution in [2.45, 2.75) is 57.3 Å². The van der Waals surface area contributed by atoms with Crippen LogP contribution in [-0.4, -0.2) is 65.0 Å². The lowest BCUT2D eigenvalue weighted by atomic mass is 10.0. The molecule has 12 nitrogen and oxygen atoms in total. The quantitative estimate of drug-likeness (QED) is 0.0832. The monoisotopic (exact) mass is 514 g/mol. The van der Waals surface area contributed by atoms with Gasteiger partial charge in [-0.15, -0.1) is 0 Å². The molecule has 0 saturated carbocycles. The van der Waals surface area contributed by atoms with Crippen LogP contribution in [0.1, 0.15) is 42.3 Å². The Morgan fingerprint density at radius 1 is 1.30 bits per heavy atom. The van der Waals surface area contributed by atoms with Crippen molar-refractivity contribution >= 4 is 34.6 Å². The highest BCUT2D eigenvalue weighted by Gasteiger charge is 2.33. The number of hydrogen-bond donors (Lipinski definition) is 8. The van der Waals surface area contributed by atoms with Gasteiger partial charge in [-0.2, -0.15) is 0 Å². The predicted molar refractivity (Wildman–Crippen MR) is 137 cm³/mol. The summed E-state index contributed by atoms with van der Waals surface area (Å²) in [5.74, 6) is -2.38. The first kappa shape index (κ1) is 27.8. The molecule has 1 aromatic carbocycles. The van der Waals surface area contributed by atoms with Crippen LogP contribution >= 0.6 is 0 Å². The number of carboxylic acids is 1. The molecule has 0 fully saturated rings. The molecule has 200 valence electrons. The Hall–Kier alpha value is -3.74. The number of hydrogen-bond acceptors (Lipinski definition) is 8. The molecule has 3 rings (SSSR count). The first-order valence-electron chi connectivity index (χ1n) is 12.0. The first-order chi connectivity index (χ1) is 17.5. The topological polar surface area (TPSA) is 217 Å². The standard InChI is InChI=1S/C25H34N6O6/c1-12-5-3-6-16-18(12)13(2)22(37-16)21(33)20(25(35)36)31-17(32)7-4-9-30-24(34)15(26)11-14-8-10-29-19(14)23(27)28/h3,5-6,8,15,19-21,29,33H,4,7,9-11,26H2,1-2H3,(H3,27,28)(H,30,34)(H,31,32)(H,35,36). The molecule has 0 radical (unpaired) electrons. The highest BCUT2D eigenvalue weighted by molar-refractivity contribution is 5.88. The van der Waals surface area contributed by atoms with Gasteiger partial charge in [-0.3, -0.25) is 15.0 Å². The third-order valence-corrected chi connectivity index (χ3v) is 6.41. The normalized spacial score (nSPS) is 17.6. The van der Waals surface area contributed by atoms with Gasteiger partial charge in [-0.05, 0) is 43.9 Å². The number of fused-ring (bicyclic) bond motifs is 1. The molecule has 1 aliphatic heterocycles. The van der Waals surface area contributed by atoms with E-state index in [2.05, 4.69) is 16.0 Å². The van der Waals surface area contributed by atoms with E-state index in [-0.39, 0.29) is 37.4 Å². The summed E-state index contributed by atoms with van der Waals surface area (Å²) in [6.45, 7) is 4.31. The van der Waals surface area contributed by atoms with Gasteiger partial charge < -0.3 is 42.0 Å². The molecule has 4 atom stereocenters. The van der Waals surface area contributed by atoms with Gasteiger partial charge in [0, 0.05) is 30.5 Å². The minimum Gasteiger partial charge on any atom is -0.480 e. The van der Waals surface area contributed by atoms with E-state index in [4.69, 9.17) is 21.3 Å². The maximum Gasteiger partial charge on any atom is 0.329 e. The Morgan fingerprint density at radius 3 is 2.68 bits per heavy atom. The average molecular weight is 515 g/mol. The number of amides is 2. The number of benzene rings is 1. The Kier molecular flexibility index (Phi) is 9.03. The van der Waals surface area contributed by atoms with E-state index in [9.17, 15) is 24.6 Å². The first-order valence-corrected chi connectivity index (χ1v) is 12.0. The van der Waals surface area contributed by atoms with E-state index in [0.29, 0.717) is 17.7 Å². The molecule has 1 aromatic heterocycles. The van der Waals surface area contributed by atoms with Gasteiger partial charge in [0.05, 0.1) is 12.1 Å². The lowest BCUT2D eigenvalue weighted by molar-refractivity contribution is -0.145. The van der Waals surface area contributed by atoms with E-state index < -0.39 is 42.0 Å². The van der Waals surface area contributed by atoms with Crippen LogP contribution in [0.5, 0.6) is 0 Å². The summed E-state index contributed by atoms with van der Waals surface area (Å²) >= 11 is 0. The third-order valence-electron chi connectivity index (χ3n) is 6.41. The number of aliphatic hydroxyl groups is 1. The molecular formula is C25H34N6O6. The predicted octanol–water partition coefficient (Wildman–Crippen LogP) is 0.100. The van der Waals surface area contributed by atoms with E-state index >= 15 is 0 Å². The molecule has 0 spiro atoms. The molecule has 4 unspecified atom stereocenters. The Labute approximate surface area is 214 Å². The molecule has 37 heavy (non-hydrogen) atoms. The summed E-state index contributed by atoms with van der Waals surface area (Å²) in [4.78, 5) is 36.5. The smallest absolute Gasteiger partial charge is 0.329 e. The van der Waals surface area contributed by atoms with Crippen molar-refractivity contribution in [3.63, 3.8) is 0 Å². The second-order valence-corrected chi connectivity index (χ2v) is 9.15. The van der Waals surface area contributed by atoms with Crippen molar-refractivity contribution in [2.24, 2.45) is 11.5 Å². The van der Waals surface area contributed by atoms with Crippen LogP contribution in [0.4, 0.5) is 0 Å². The zero-order chi connectivity index (χ0) is 27.3. The second-order valence-electron chi connectivity index (χ2n) is 9.15. The fraction of sp³-hybridized carbons (Fsp3) is 0.440. The van der Waals surface area contributed by atoms with Gasteiger partial charge >= 0.3 is 5.97 Å². The highest BCUT2D eigenvalue weighted by atomic mass is 16.4. The molecule has 2 heterocycles. The lowest BCUT2D eigenvalue weighted by Crippen LogP contribution is -2.45. The molecule has 0 bridgehead atoms. The number of aliphatic hydroxyl groups excluding tert-OH is 1. The van der Waals surface area contributed by atoms with Gasteiger partial charge in [0.1, 0.15) is 23.3 Å². The number of aryl methyl sites for hydroxylation is 2. The molecule has 2 aromatic rings. The van der Waals surface area contributed by atoms with Crippen LogP contribution in [0.15, 0.2) is 34.3 Å². The minimum atomic E-state index is -1.61. The Balaban J connectivity index is 1.49.